The summed E-state index contributed by atoms with van der Waals surface area (Å²) in [6.45, 7) is 0. The average Bonchev–Trinajstić information content (AvgIpc) is 2.85. The highest BCUT2D eigenvalue weighted by Gasteiger charge is 2.31. The monoisotopic (exact) mass is 201 g/mol. The highest BCUT2D eigenvalue weighted by Crippen LogP contribution is 2.25. The Morgan fingerprint density at radius 1 is 1.07 bits per heavy atom. The van der Waals surface area contributed by atoms with Crippen LogP contribution < -0.4 is 10.1 Å². The maximum absolute atomic E-state index is 11.8. The Labute approximate surface area is 78.0 Å². The fraction of sp³-hybridized carbons (Fsp3) is 0.111. The molecule has 1 aliphatic heterocycles. The lowest BCUT2D eigenvalue weighted by molar-refractivity contribution is -0.274. The minimum atomic E-state index is -4.63. The fourth-order valence-electron chi connectivity index (χ4n) is 1.04. The van der Waals surface area contributed by atoms with Crippen LogP contribution in [0.25, 0.3) is 5.70 Å². The maximum Gasteiger partial charge on any atom is 0.573 e. The van der Waals surface area contributed by atoms with E-state index in [9.17, 15) is 13.2 Å². The van der Waals surface area contributed by atoms with Gasteiger partial charge in [0.25, 0.3) is 0 Å². The summed E-state index contributed by atoms with van der Waals surface area (Å²) >= 11 is 0. The molecule has 1 aliphatic rings. The Morgan fingerprint density at radius 3 is 2.07 bits per heavy atom. The van der Waals surface area contributed by atoms with E-state index < -0.39 is 6.36 Å². The summed E-state index contributed by atoms with van der Waals surface area (Å²) < 4.78 is 39.0. The van der Waals surface area contributed by atoms with E-state index in [4.69, 9.17) is 0 Å². The van der Waals surface area contributed by atoms with Crippen LogP contribution in [-0.2, 0) is 0 Å². The van der Waals surface area contributed by atoms with Crippen molar-refractivity contribution in [1.29, 1.82) is 0 Å². The van der Waals surface area contributed by atoms with Gasteiger partial charge in [0.2, 0.25) is 0 Å². The van der Waals surface area contributed by atoms with Crippen LogP contribution in [0.3, 0.4) is 0 Å². The van der Waals surface area contributed by atoms with Gasteiger partial charge in [-0.3, -0.25) is 0 Å². The Balaban J connectivity index is 2.10. The number of nitrogens with one attached hydrogen (secondary N) is 1. The van der Waals surface area contributed by atoms with Gasteiger partial charge in [0.05, 0.1) is 5.70 Å². The third-order valence-electron chi connectivity index (χ3n) is 1.69. The van der Waals surface area contributed by atoms with Crippen LogP contribution in [0.15, 0.2) is 30.5 Å². The van der Waals surface area contributed by atoms with E-state index in [0.29, 0.717) is 0 Å². The van der Waals surface area contributed by atoms with Crippen molar-refractivity contribution >= 4 is 5.70 Å². The van der Waals surface area contributed by atoms with Gasteiger partial charge in [-0.2, -0.15) is 0 Å². The van der Waals surface area contributed by atoms with Crippen molar-refractivity contribution in [3.63, 3.8) is 0 Å². The molecule has 1 aromatic carbocycles. The molecule has 0 saturated carbocycles. The minimum absolute atomic E-state index is 0.206. The van der Waals surface area contributed by atoms with E-state index in [2.05, 4.69) is 10.1 Å². The minimum Gasteiger partial charge on any atom is -0.406 e. The lowest BCUT2D eigenvalue weighted by atomic mass is 10.2. The van der Waals surface area contributed by atoms with E-state index >= 15 is 0 Å². The largest absolute Gasteiger partial charge is 0.573 e. The second kappa shape index (κ2) is 2.94. The predicted octanol–water partition coefficient (Wildman–Crippen LogP) is 2.49. The molecule has 0 spiro atoms. The van der Waals surface area contributed by atoms with Crippen molar-refractivity contribution in [2.24, 2.45) is 0 Å². The molecule has 5 heteroatoms. The highest BCUT2D eigenvalue weighted by atomic mass is 19.4. The smallest absolute Gasteiger partial charge is 0.406 e. The average molecular weight is 201 g/mol. The third-order valence-corrected chi connectivity index (χ3v) is 1.69. The molecule has 1 N–H and O–H groups in total. The SMILES string of the molecule is FC(F)(F)Oc1ccc(C2=CN2)cc1. The van der Waals surface area contributed by atoms with Crippen molar-refractivity contribution in [1.82, 2.24) is 5.32 Å². The molecule has 0 aliphatic carbocycles. The number of ether oxygens (including phenoxy) is 1. The van der Waals surface area contributed by atoms with E-state index in [1.54, 1.807) is 18.3 Å². The van der Waals surface area contributed by atoms with Crippen LogP contribution in [0.1, 0.15) is 5.56 Å². The molecule has 1 heterocycles. The zero-order chi connectivity index (χ0) is 10.2. The lowest BCUT2D eigenvalue weighted by Crippen LogP contribution is -2.16. The first-order valence-electron chi connectivity index (χ1n) is 3.87. The van der Waals surface area contributed by atoms with E-state index in [1.165, 1.54) is 12.1 Å². The molecule has 0 bridgehead atoms. The van der Waals surface area contributed by atoms with Crippen LogP contribution in [0.4, 0.5) is 13.2 Å². The molecule has 14 heavy (non-hydrogen) atoms. The van der Waals surface area contributed by atoms with Gasteiger partial charge in [0.1, 0.15) is 5.75 Å². The first-order valence-corrected chi connectivity index (χ1v) is 3.87. The second-order valence-corrected chi connectivity index (χ2v) is 2.77. The molecule has 74 valence electrons. The van der Waals surface area contributed by atoms with E-state index in [-0.39, 0.29) is 5.75 Å². The normalized spacial score (nSPS) is 14.4. The number of rotatable bonds is 2. The van der Waals surface area contributed by atoms with Crippen molar-refractivity contribution in [2.75, 3.05) is 0 Å². The molecule has 2 rings (SSSR count). The van der Waals surface area contributed by atoms with Crippen LogP contribution >= 0.6 is 0 Å². The van der Waals surface area contributed by atoms with Gasteiger partial charge in [-0.05, 0) is 29.8 Å². The van der Waals surface area contributed by atoms with Crippen molar-refractivity contribution in [2.45, 2.75) is 6.36 Å². The molecule has 0 unspecified atom stereocenters. The van der Waals surface area contributed by atoms with Gasteiger partial charge < -0.3 is 10.1 Å². The molecule has 0 aromatic heterocycles. The van der Waals surface area contributed by atoms with E-state index in [0.717, 1.165) is 11.3 Å². The zero-order valence-corrected chi connectivity index (χ0v) is 6.93. The van der Waals surface area contributed by atoms with Gasteiger partial charge in [-0.1, -0.05) is 0 Å². The topological polar surface area (TPSA) is 31.2 Å². The number of halogens is 3. The summed E-state index contributed by atoms with van der Waals surface area (Å²) in [5.74, 6) is -0.206. The summed E-state index contributed by atoms with van der Waals surface area (Å²) in [6, 6.07) is 5.69. The number of benzene rings is 1. The fourth-order valence-corrected chi connectivity index (χ4v) is 1.04. The Kier molecular flexibility index (Phi) is 1.87. The summed E-state index contributed by atoms with van der Waals surface area (Å²) in [4.78, 5) is 0. The van der Waals surface area contributed by atoms with Gasteiger partial charge in [0.15, 0.2) is 0 Å². The van der Waals surface area contributed by atoms with Crippen molar-refractivity contribution in [3.8, 4) is 5.75 Å². The van der Waals surface area contributed by atoms with Gasteiger partial charge >= 0.3 is 6.36 Å². The summed E-state index contributed by atoms with van der Waals surface area (Å²) in [7, 11) is 0. The van der Waals surface area contributed by atoms with E-state index in [1.807, 2.05) is 0 Å². The predicted molar refractivity (Wildman–Crippen MR) is 44.2 cm³/mol. The van der Waals surface area contributed by atoms with Crippen molar-refractivity contribution in [3.05, 3.63) is 36.0 Å². The molecule has 2 nitrogen and oxygen atoms in total. The van der Waals surface area contributed by atoms with Crippen LogP contribution in [0.5, 0.6) is 5.75 Å². The third kappa shape index (κ3) is 2.18. The van der Waals surface area contributed by atoms with Gasteiger partial charge in [0, 0.05) is 6.20 Å². The van der Waals surface area contributed by atoms with Crippen molar-refractivity contribution < 1.29 is 17.9 Å². The Bertz CT molecular complexity index is 367. The summed E-state index contributed by atoms with van der Waals surface area (Å²) in [6.07, 6.45) is -2.86. The molecule has 0 radical (unpaired) electrons. The maximum atomic E-state index is 11.8. The number of hydrogen-bond acceptors (Lipinski definition) is 2. The van der Waals surface area contributed by atoms with Crippen LogP contribution in [0, 0.1) is 0 Å². The zero-order valence-electron chi connectivity index (χ0n) is 6.93. The number of alkyl halides is 3. The Hall–Kier alpha value is -1.65. The molecular formula is C9H6F3NO. The second-order valence-electron chi connectivity index (χ2n) is 2.77. The van der Waals surface area contributed by atoms with Crippen LogP contribution in [-0.4, -0.2) is 6.36 Å². The van der Waals surface area contributed by atoms with Gasteiger partial charge in [-0.15, -0.1) is 13.2 Å². The first kappa shape index (κ1) is 8.93. The molecule has 0 fully saturated rings. The molecule has 0 saturated heterocycles. The molecule has 0 amide bonds. The quantitative estimate of drug-likeness (QED) is 0.796. The van der Waals surface area contributed by atoms with Crippen LogP contribution in [0.2, 0.25) is 0 Å². The van der Waals surface area contributed by atoms with Gasteiger partial charge in [-0.25, -0.2) is 0 Å². The summed E-state index contributed by atoms with van der Waals surface area (Å²) in [5, 5.41) is 2.85. The lowest BCUT2D eigenvalue weighted by Gasteiger charge is -2.08. The standard InChI is InChI=1S/C9H6F3NO/c10-9(11,12)14-7-3-1-6(2-4-7)8-5-13-8/h1-5,13H. The molecule has 0 atom stereocenters. The summed E-state index contributed by atoms with van der Waals surface area (Å²) in [5.41, 5.74) is 1.77. The highest BCUT2D eigenvalue weighted by molar-refractivity contribution is 5.74. The molecule has 1 aromatic rings. The Morgan fingerprint density at radius 2 is 1.64 bits per heavy atom. The molecular weight excluding hydrogens is 195 g/mol. The number of hydrogen-bond donors (Lipinski definition) is 1. The first-order chi connectivity index (χ1) is 6.54.